The number of aryl methyl sites for hydroxylation is 2. The fourth-order valence-corrected chi connectivity index (χ4v) is 4.00. The minimum Gasteiger partial charge on any atom is -0.343 e. The molecule has 0 atom stereocenters. The molecule has 3 aromatic rings. The van der Waals surface area contributed by atoms with Gasteiger partial charge in [-0.1, -0.05) is 24.3 Å². The second-order valence-electron chi connectivity index (χ2n) is 7.15. The summed E-state index contributed by atoms with van der Waals surface area (Å²) in [5, 5.41) is 7.00. The lowest BCUT2D eigenvalue weighted by Gasteiger charge is -2.09. The summed E-state index contributed by atoms with van der Waals surface area (Å²) in [4.78, 5) is 25.9. The van der Waals surface area contributed by atoms with Crippen molar-refractivity contribution >= 4 is 28.3 Å². The lowest BCUT2D eigenvalue weighted by molar-refractivity contribution is -0.112. The summed E-state index contributed by atoms with van der Waals surface area (Å²) in [6.45, 7) is 6.39. The van der Waals surface area contributed by atoms with E-state index in [0.29, 0.717) is 11.3 Å². The number of anilines is 1. The first-order valence-corrected chi connectivity index (χ1v) is 9.29. The number of amides is 1. The molecule has 0 unspecified atom stereocenters. The first kappa shape index (κ1) is 17.5. The smallest absolute Gasteiger partial charge is 0.296 e. The molecule has 1 aliphatic rings. The average Bonchev–Trinajstić information content (AvgIpc) is 2.77. The van der Waals surface area contributed by atoms with Crippen molar-refractivity contribution in [2.45, 2.75) is 26.8 Å². The van der Waals surface area contributed by atoms with Crippen molar-refractivity contribution in [3.63, 3.8) is 0 Å². The molecule has 4 rings (SSSR count). The monoisotopic (exact) mass is 363 g/mol. The number of benzene rings is 2. The van der Waals surface area contributed by atoms with Gasteiger partial charge in [-0.2, -0.15) is 0 Å². The van der Waals surface area contributed by atoms with E-state index in [2.05, 4.69) is 15.2 Å². The molecule has 1 aromatic heterocycles. The minimum atomic E-state index is -0.587. The van der Waals surface area contributed by atoms with Gasteiger partial charge in [0.25, 0.3) is 11.7 Å². The van der Waals surface area contributed by atoms with E-state index in [-0.39, 0.29) is 1.43 Å². The summed E-state index contributed by atoms with van der Waals surface area (Å²) in [6.07, 6.45) is 0.729. The average molecular weight is 363 g/mol. The fraction of sp³-hybridized carbons (Fsp3) is 0.273. The van der Waals surface area contributed by atoms with Gasteiger partial charge in [0.2, 0.25) is 0 Å². The van der Waals surface area contributed by atoms with Crippen LogP contribution in [0.3, 0.4) is 0 Å². The predicted octanol–water partition coefficient (Wildman–Crippen LogP) is 3.47. The standard InChI is InChI=1S/C22H23N3O2.H2/c1-14-11-15(2)13-16(12-14)24-22(27)21(26)20-17-5-3-4-6-18(17)25-10-9-23-8-7-19(20)25;/h3-6,11-13,23H,7-10H2,1-2H3,(H,24,27);1H. The molecule has 27 heavy (non-hydrogen) atoms. The fourth-order valence-electron chi connectivity index (χ4n) is 4.00. The SMILES string of the molecule is Cc1cc(C)cc(NC(=O)C(=O)c2c3n(c4ccccc24)CCNCC3)c1.[HH]. The van der Waals surface area contributed by atoms with E-state index < -0.39 is 11.7 Å². The molecule has 1 aliphatic heterocycles. The Bertz CT molecular complexity index is 1040. The second-order valence-corrected chi connectivity index (χ2v) is 7.15. The number of rotatable bonds is 3. The number of nitrogens with one attached hydrogen (secondary N) is 2. The quantitative estimate of drug-likeness (QED) is 0.553. The number of carbonyl (C=O) groups excluding carboxylic acids is 2. The van der Waals surface area contributed by atoms with E-state index in [9.17, 15) is 9.59 Å². The van der Waals surface area contributed by atoms with Crippen LogP contribution in [0.15, 0.2) is 42.5 Å². The molecular formula is C22H25N3O2. The van der Waals surface area contributed by atoms with Gasteiger partial charge < -0.3 is 15.2 Å². The van der Waals surface area contributed by atoms with Crippen molar-refractivity contribution in [1.82, 2.24) is 9.88 Å². The lowest BCUT2D eigenvalue weighted by Crippen LogP contribution is -2.24. The van der Waals surface area contributed by atoms with Crippen LogP contribution in [-0.2, 0) is 17.8 Å². The molecule has 0 saturated carbocycles. The number of hydrogen-bond acceptors (Lipinski definition) is 3. The van der Waals surface area contributed by atoms with Crippen LogP contribution in [-0.4, -0.2) is 29.3 Å². The van der Waals surface area contributed by atoms with Gasteiger partial charge in [-0.05, 0) is 43.2 Å². The number of aromatic nitrogens is 1. The highest BCUT2D eigenvalue weighted by molar-refractivity contribution is 6.48. The summed E-state index contributed by atoms with van der Waals surface area (Å²) in [7, 11) is 0. The number of nitrogens with zero attached hydrogens (tertiary/aromatic N) is 1. The van der Waals surface area contributed by atoms with Gasteiger partial charge in [-0.25, -0.2) is 0 Å². The summed E-state index contributed by atoms with van der Waals surface area (Å²) in [5.41, 5.74) is 5.25. The second kappa shape index (κ2) is 7.00. The lowest BCUT2D eigenvalue weighted by atomic mass is 10.0. The van der Waals surface area contributed by atoms with E-state index in [1.54, 1.807) is 0 Å². The summed E-state index contributed by atoms with van der Waals surface area (Å²) in [5.74, 6) is -1.06. The van der Waals surface area contributed by atoms with Crippen molar-refractivity contribution in [1.29, 1.82) is 0 Å². The van der Waals surface area contributed by atoms with Crippen LogP contribution in [0.5, 0.6) is 0 Å². The van der Waals surface area contributed by atoms with Crippen LogP contribution in [0.4, 0.5) is 5.69 Å². The molecule has 0 bridgehead atoms. The van der Waals surface area contributed by atoms with E-state index in [1.165, 1.54) is 0 Å². The van der Waals surface area contributed by atoms with Crippen molar-refractivity contribution in [2.24, 2.45) is 0 Å². The third-order valence-corrected chi connectivity index (χ3v) is 5.04. The first-order chi connectivity index (χ1) is 13.0. The molecule has 0 spiro atoms. The maximum absolute atomic E-state index is 13.1. The van der Waals surface area contributed by atoms with Crippen LogP contribution < -0.4 is 10.6 Å². The molecule has 5 nitrogen and oxygen atoms in total. The van der Waals surface area contributed by atoms with Gasteiger partial charge >= 0.3 is 0 Å². The van der Waals surface area contributed by atoms with E-state index in [1.807, 2.05) is 56.3 Å². The van der Waals surface area contributed by atoms with Crippen molar-refractivity contribution in [3.05, 3.63) is 64.8 Å². The van der Waals surface area contributed by atoms with Crippen LogP contribution in [0.2, 0.25) is 0 Å². The van der Waals surface area contributed by atoms with Crippen molar-refractivity contribution < 1.29 is 11.0 Å². The number of Topliss-reactive ketones (excluding diaryl/α,β-unsaturated/α-hetero) is 1. The normalized spacial score (nSPS) is 13.9. The van der Waals surface area contributed by atoms with Crippen LogP contribution >= 0.6 is 0 Å². The Balaban J connectivity index is 0.00000225. The Kier molecular flexibility index (Phi) is 4.54. The van der Waals surface area contributed by atoms with Gasteiger partial charge in [0.15, 0.2) is 0 Å². The number of hydrogen-bond donors (Lipinski definition) is 2. The maximum atomic E-state index is 13.1. The number of fused-ring (bicyclic) bond motifs is 3. The summed E-state index contributed by atoms with van der Waals surface area (Å²) >= 11 is 0. The molecular weight excluding hydrogens is 338 g/mol. The zero-order valence-corrected chi connectivity index (χ0v) is 15.6. The third kappa shape index (κ3) is 3.26. The Morgan fingerprint density at radius 2 is 1.81 bits per heavy atom. The molecule has 2 heterocycles. The van der Waals surface area contributed by atoms with E-state index in [0.717, 1.165) is 53.8 Å². The van der Waals surface area contributed by atoms with Crippen molar-refractivity contribution in [3.8, 4) is 0 Å². The molecule has 140 valence electrons. The van der Waals surface area contributed by atoms with Crippen molar-refractivity contribution in [2.75, 3.05) is 18.4 Å². The Labute approximate surface area is 159 Å². The van der Waals surface area contributed by atoms with E-state index >= 15 is 0 Å². The molecule has 2 aromatic carbocycles. The summed E-state index contributed by atoms with van der Waals surface area (Å²) < 4.78 is 2.17. The van der Waals surface area contributed by atoms with Crippen LogP contribution in [0, 0.1) is 13.8 Å². The minimum absolute atomic E-state index is 0. The third-order valence-electron chi connectivity index (χ3n) is 5.04. The largest absolute Gasteiger partial charge is 0.343 e. The first-order valence-electron chi connectivity index (χ1n) is 9.29. The van der Waals surface area contributed by atoms with E-state index in [4.69, 9.17) is 0 Å². The van der Waals surface area contributed by atoms with Crippen LogP contribution in [0.1, 0.15) is 28.6 Å². The number of carbonyl (C=O) groups is 2. The van der Waals surface area contributed by atoms with Gasteiger partial charge in [0.05, 0.1) is 5.56 Å². The molecule has 0 radical (unpaired) electrons. The highest BCUT2D eigenvalue weighted by Crippen LogP contribution is 2.28. The van der Waals surface area contributed by atoms with Gasteiger partial charge in [0, 0.05) is 49.8 Å². The Morgan fingerprint density at radius 3 is 2.59 bits per heavy atom. The summed E-state index contributed by atoms with van der Waals surface area (Å²) in [6, 6.07) is 13.6. The molecule has 0 aliphatic carbocycles. The maximum Gasteiger partial charge on any atom is 0.296 e. The highest BCUT2D eigenvalue weighted by Gasteiger charge is 2.27. The molecule has 0 saturated heterocycles. The Hall–Kier alpha value is -2.92. The van der Waals surface area contributed by atoms with Gasteiger partial charge in [-0.3, -0.25) is 9.59 Å². The topological polar surface area (TPSA) is 63.1 Å². The number of para-hydroxylation sites is 1. The molecule has 2 N–H and O–H groups in total. The van der Waals surface area contributed by atoms with Gasteiger partial charge in [0.1, 0.15) is 0 Å². The van der Waals surface area contributed by atoms with Gasteiger partial charge in [-0.15, -0.1) is 0 Å². The molecule has 5 heteroatoms. The predicted molar refractivity (Wildman–Crippen MR) is 110 cm³/mol. The molecule has 1 amide bonds. The highest BCUT2D eigenvalue weighted by atomic mass is 16.2. The Morgan fingerprint density at radius 1 is 1.07 bits per heavy atom. The van der Waals surface area contributed by atoms with Crippen LogP contribution in [0.25, 0.3) is 10.9 Å². The number of ketones is 1. The zero-order valence-electron chi connectivity index (χ0n) is 15.6. The zero-order chi connectivity index (χ0) is 19.0. The molecule has 0 fully saturated rings.